The molecule has 0 aromatic carbocycles. The summed E-state index contributed by atoms with van der Waals surface area (Å²) in [5.74, 6) is 0.200. The van der Waals surface area contributed by atoms with E-state index in [2.05, 4.69) is 5.10 Å². The van der Waals surface area contributed by atoms with Crippen molar-refractivity contribution < 1.29 is 9.53 Å². The van der Waals surface area contributed by atoms with Crippen LogP contribution in [0.25, 0.3) is 0 Å². The van der Waals surface area contributed by atoms with E-state index in [4.69, 9.17) is 4.74 Å². The van der Waals surface area contributed by atoms with E-state index in [1.54, 1.807) is 4.68 Å². The van der Waals surface area contributed by atoms with Crippen LogP contribution >= 0.6 is 0 Å². The molecule has 0 fully saturated rings. The summed E-state index contributed by atoms with van der Waals surface area (Å²) in [5, 5.41) is 4.19. The molecule has 1 aromatic heterocycles. The second kappa shape index (κ2) is 5.66. The van der Waals surface area contributed by atoms with E-state index in [1.807, 2.05) is 27.0 Å². The van der Waals surface area contributed by atoms with Crippen molar-refractivity contribution in [2.75, 3.05) is 13.2 Å². The van der Waals surface area contributed by atoms with Crippen LogP contribution in [0.1, 0.15) is 24.7 Å². The Bertz CT molecular complexity index is 331. The molecule has 0 spiro atoms. The molecular weight excluding hydrogens is 192 g/mol. The van der Waals surface area contributed by atoms with Gasteiger partial charge in [0.1, 0.15) is 5.78 Å². The van der Waals surface area contributed by atoms with Gasteiger partial charge in [-0.2, -0.15) is 5.10 Å². The molecule has 0 N–H and O–H groups in total. The highest BCUT2D eigenvalue weighted by Gasteiger charge is 2.08. The number of nitrogens with zero attached hydrogens (tertiary/aromatic N) is 2. The first-order chi connectivity index (χ1) is 7.13. The van der Waals surface area contributed by atoms with Crippen molar-refractivity contribution in [1.29, 1.82) is 0 Å². The van der Waals surface area contributed by atoms with Gasteiger partial charge in [-0.25, -0.2) is 0 Å². The third-order valence-electron chi connectivity index (χ3n) is 2.21. The Morgan fingerprint density at radius 1 is 1.60 bits per heavy atom. The normalized spacial score (nSPS) is 10.6. The molecule has 0 bridgehead atoms. The van der Waals surface area contributed by atoms with Gasteiger partial charge in [-0.05, 0) is 19.9 Å². The van der Waals surface area contributed by atoms with E-state index in [9.17, 15) is 4.79 Å². The lowest BCUT2D eigenvalue weighted by atomic mass is 10.1. The van der Waals surface area contributed by atoms with Gasteiger partial charge in [0, 0.05) is 32.2 Å². The number of rotatable bonds is 6. The summed E-state index contributed by atoms with van der Waals surface area (Å²) in [4.78, 5) is 11.5. The number of Topliss-reactive ketones (excluding diaryl/α,β-unsaturated/α-hetero) is 1. The maximum atomic E-state index is 11.5. The lowest BCUT2D eigenvalue weighted by Crippen LogP contribution is -2.10. The van der Waals surface area contributed by atoms with E-state index >= 15 is 0 Å². The van der Waals surface area contributed by atoms with Crippen molar-refractivity contribution in [3.63, 3.8) is 0 Å². The molecule has 0 aliphatic carbocycles. The van der Waals surface area contributed by atoms with Crippen LogP contribution in [0.5, 0.6) is 0 Å². The SMILES string of the molecule is CCOCCC(=O)Cc1cc(C)nn1C. The Hall–Kier alpha value is -1.16. The second-order valence-electron chi connectivity index (χ2n) is 3.56. The number of carbonyl (C=O) groups excluding carboxylic acids is 1. The van der Waals surface area contributed by atoms with Crippen molar-refractivity contribution in [3.05, 3.63) is 17.5 Å². The van der Waals surface area contributed by atoms with Gasteiger partial charge in [0.05, 0.1) is 12.3 Å². The molecule has 84 valence electrons. The summed E-state index contributed by atoms with van der Waals surface area (Å²) in [5.41, 5.74) is 1.92. The highest BCUT2D eigenvalue weighted by atomic mass is 16.5. The summed E-state index contributed by atoms with van der Waals surface area (Å²) in [6, 6.07) is 1.94. The highest BCUT2D eigenvalue weighted by molar-refractivity contribution is 5.80. The molecular formula is C11H18N2O2. The molecule has 0 radical (unpaired) electrons. The number of carbonyl (C=O) groups is 1. The molecule has 0 atom stereocenters. The fourth-order valence-corrected chi connectivity index (χ4v) is 1.45. The second-order valence-corrected chi connectivity index (χ2v) is 3.56. The minimum absolute atomic E-state index is 0.200. The lowest BCUT2D eigenvalue weighted by molar-refractivity contribution is -0.119. The third kappa shape index (κ3) is 3.83. The molecule has 1 aromatic rings. The van der Waals surface area contributed by atoms with Crippen molar-refractivity contribution in [1.82, 2.24) is 9.78 Å². The van der Waals surface area contributed by atoms with Crippen LogP contribution in [0.4, 0.5) is 0 Å². The van der Waals surface area contributed by atoms with Gasteiger partial charge >= 0.3 is 0 Å². The average molecular weight is 210 g/mol. The molecule has 15 heavy (non-hydrogen) atoms. The predicted octanol–water partition coefficient (Wildman–Crippen LogP) is 1.27. The fraction of sp³-hybridized carbons (Fsp3) is 0.636. The van der Waals surface area contributed by atoms with Crippen LogP contribution < -0.4 is 0 Å². The first-order valence-electron chi connectivity index (χ1n) is 5.22. The summed E-state index contributed by atoms with van der Waals surface area (Å²) in [6.45, 7) is 5.04. The van der Waals surface area contributed by atoms with Crippen LogP contribution in [0.2, 0.25) is 0 Å². The van der Waals surface area contributed by atoms with Gasteiger partial charge in [-0.1, -0.05) is 0 Å². The van der Waals surface area contributed by atoms with Crippen LogP contribution in [0.3, 0.4) is 0 Å². The molecule has 1 rings (SSSR count). The summed E-state index contributed by atoms with van der Waals surface area (Å²) in [7, 11) is 1.86. The standard InChI is InChI=1S/C11H18N2O2/c1-4-15-6-5-11(14)8-10-7-9(2)12-13(10)3/h7H,4-6,8H2,1-3H3. The van der Waals surface area contributed by atoms with Crippen molar-refractivity contribution in [2.24, 2.45) is 7.05 Å². The number of ether oxygens (including phenoxy) is 1. The van der Waals surface area contributed by atoms with Gasteiger partial charge in [-0.3, -0.25) is 9.48 Å². The quantitative estimate of drug-likeness (QED) is 0.664. The van der Waals surface area contributed by atoms with E-state index < -0.39 is 0 Å². The van der Waals surface area contributed by atoms with E-state index in [1.165, 1.54) is 0 Å². The Labute approximate surface area is 90.2 Å². The van der Waals surface area contributed by atoms with Crippen molar-refractivity contribution >= 4 is 5.78 Å². The molecule has 4 heteroatoms. The van der Waals surface area contributed by atoms with Crippen LogP contribution in [-0.4, -0.2) is 28.8 Å². The van der Waals surface area contributed by atoms with Crippen LogP contribution in [0, 0.1) is 6.92 Å². The zero-order chi connectivity index (χ0) is 11.3. The molecule has 1 heterocycles. The van der Waals surface area contributed by atoms with E-state index in [-0.39, 0.29) is 5.78 Å². The maximum Gasteiger partial charge on any atom is 0.141 e. The van der Waals surface area contributed by atoms with Gasteiger partial charge in [0.15, 0.2) is 0 Å². The Morgan fingerprint density at radius 3 is 2.87 bits per heavy atom. The first kappa shape index (κ1) is 11.9. The predicted molar refractivity (Wildman–Crippen MR) is 57.8 cm³/mol. The number of hydrogen-bond donors (Lipinski definition) is 0. The van der Waals surface area contributed by atoms with E-state index in [0.717, 1.165) is 11.4 Å². The van der Waals surface area contributed by atoms with Gasteiger partial charge < -0.3 is 4.74 Å². The molecule has 0 saturated heterocycles. The zero-order valence-electron chi connectivity index (χ0n) is 9.62. The molecule has 0 amide bonds. The fourth-order valence-electron chi connectivity index (χ4n) is 1.45. The van der Waals surface area contributed by atoms with Crippen LogP contribution in [0.15, 0.2) is 6.07 Å². The third-order valence-corrected chi connectivity index (χ3v) is 2.21. The zero-order valence-corrected chi connectivity index (χ0v) is 9.62. The minimum atomic E-state index is 0.200. The molecule has 0 unspecified atom stereocenters. The Kier molecular flexibility index (Phi) is 4.49. The topological polar surface area (TPSA) is 44.1 Å². The average Bonchev–Trinajstić information content (AvgIpc) is 2.45. The summed E-state index contributed by atoms with van der Waals surface area (Å²) < 4.78 is 6.89. The van der Waals surface area contributed by atoms with Crippen LogP contribution in [-0.2, 0) is 23.0 Å². The number of ketones is 1. The molecule has 4 nitrogen and oxygen atoms in total. The van der Waals surface area contributed by atoms with Crippen molar-refractivity contribution in [3.8, 4) is 0 Å². The largest absolute Gasteiger partial charge is 0.381 e. The van der Waals surface area contributed by atoms with E-state index in [0.29, 0.717) is 26.1 Å². The number of hydrogen-bond acceptors (Lipinski definition) is 3. The Balaban J connectivity index is 2.41. The molecule has 0 saturated carbocycles. The maximum absolute atomic E-state index is 11.5. The molecule has 0 aliphatic rings. The number of aromatic nitrogens is 2. The van der Waals surface area contributed by atoms with Gasteiger partial charge in [0.2, 0.25) is 0 Å². The molecule has 0 aliphatic heterocycles. The Morgan fingerprint density at radius 2 is 2.33 bits per heavy atom. The number of aryl methyl sites for hydroxylation is 2. The minimum Gasteiger partial charge on any atom is -0.381 e. The highest BCUT2D eigenvalue weighted by Crippen LogP contribution is 2.04. The van der Waals surface area contributed by atoms with Gasteiger partial charge in [-0.15, -0.1) is 0 Å². The van der Waals surface area contributed by atoms with Crippen molar-refractivity contribution in [2.45, 2.75) is 26.7 Å². The monoisotopic (exact) mass is 210 g/mol. The van der Waals surface area contributed by atoms with Gasteiger partial charge in [0.25, 0.3) is 0 Å². The first-order valence-corrected chi connectivity index (χ1v) is 5.22. The smallest absolute Gasteiger partial charge is 0.141 e. The lowest BCUT2D eigenvalue weighted by Gasteiger charge is -2.01. The summed E-state index contributed by atoms with van der Waals surface area (Å²) in [6.07, 6.45) is 0.933. The summed E-state index contributed by atoms with van der Waals surface area (Å²) >= 11 is 0.